The summed E-state index contributed by atoms with van der Waals surface area (Å²) in [5, 5.41) is 0. The maximum Gasteiger partial charge on any atom is 0.195 e. The largest absolute Gasteiger partial charge is 0.357 e. The Morgan fingerprint density at radius 1 is 0.815 bits per heavy atom. The molecule has 2 atom stereocenters. The quantitative estimate of drug-likeness (QED) is 0.364. The monoisotopic (exact) mass is 357 g/mol. The summed E-state index contributed by atoms with van der Waals surface area (Å²) < 4.78 is 0. The average Bonchev–Trinajstić information content (AvgIpc) is 2.73. The average molecular weight is 357 g/mol. The van der Waals surface area contributed by atoms with Gasteiger partial charge >= 0.3 is 0 Å². The normalized spacial score (nSPS) is 12.4. The number of rotatable bonds is 11. The summed E-state index contributed by atoms with van der Waals surface area (Å²) in [6, 6.07) is 17.0. The number of hydrogen-bond donors (Lipinski definition) is 0. The first-order valence-electron chi connectivity index (χ1n) is 9.11. The fourth-order valence-electron chi connectivity index (χ4n) is 3.23. The minimum Gasteiger partial charge on any atom is -0.357 e. The van der Waals surface area contributed by atoms with Crippen LogP contribution in [0.4, 0.5) is 5.69 Å². The maximum atomic E-state index is 13.2. The van der Waals surface area contributed by atoms with E-state index in [9.17, 15) is 4.79 Å². The van der Waals surface area contributed by atoms with Crippen LogP contribution in [0.5, 0.6) is 0 Å². The zero-order chi connectivity index (χ0) is 19.6. The molecule has 0 radical (unpaired) electrons. The summed E-state index contributed by atoms with van der Waals surface area (Å²) in [5.41, 5.74) is 2.20. The van der Waals surface area contributed by atoms with Crippen LogP contribution < -0.4 is 4.90 Å². The molecule has 2 aromatic rings. The molecule has 2 unspecified atom stereocenters. The van der Waals surface area contributed by atoms with Crippen LogP contribution in [0, 0.1) is 0 Å². The van der Waals surface area contributed by atoms with Crippen LogP contribution in [0.25, 0.3) is 0 Å². The summed E-state index contributed by atoms with van der Waals surface area (Å²) >= 11 is 0. The Balaban J connectivity index is 2.60. The third-order valence-electron chi connectivity index (χ3n) is 4.54. The van der Waals surface area contributed by atoms with Crippen LogP contribution in [0.3, 0.4) is 0 Å². The van der Waals surface area contributed by atoms with Crippen molar-refractivity contribution in [3.05, 3.63) is 116 Å². The highest BCUT2D eigenvalue weighted by atomic mass is 16.1. The molecule has 27 heavy (non-hydrogen) atoms. The Morgan fingerprint density at radius 3 is 1.85 bits per heavy atom. The van der Waals surface area contributed by atoms with Gasteiger partial charge in [0.25, 0.3) is 0 Å². The Morgan fingerprint density at radius 2 is 1.33 bits per heavy atom. The van der Waals surface area contributed by atoms with Crippen molar-refractivity contribution in [2.45, 2.75) is 24.9 Å². The smallest absolute Gasteiger partial charge is 0.195 e. The lowest BCUT2D eigenvalue weighted by Gasteiger charge is -2.38. The van der Waals surface area contributed by atoms with Crippen LogP contribution >= 0.6 is 0 Å². The summed E-state index contributed by atoms with van der Waals surface area (Å²) in [7, 11) is 0. The number of hydrogen-bond acceptors (Lipinski definition) is 2. The molecule has 2 nitrogen and oxygen atoms in total. The Hall–Kier alpha value is -3.13. The molecule has 0 aliphatic carbocycles. The van der Waals surface area contributed by atoms with E-state index in [1.54, 1.807) is 0 Å². The lowest BCUT2D eigenvalue weighted by atomic mass is 9.97. The van der Waals surface area contributed by atoms with Crippen molar-refractivity contribution in [2.75, 3.05) is 4.90 Å². The molecule has 0 spiro atoms. The highest BCUT2D eigenvalue weighted by molar-refractivity contribution is 6.12. The minimum absolute atomic E-state index is 0.000898. The van der Waals surface area contributed by atoms with E-state index in [-0.39, 0.29) is 17.9 Å². The molecule has 0 saturated heterocycles. The van der Waals surface area contributed by atoms with E-state index in [2.05, 4.69) is 31.2 Å². The van der Waals surface area contributed by atoms with Crippen LogP contribution in [-0.4, -0.2) is 17.9 Å². The van der Waals surface area contributed by atoms with E-state index in [1.165, 1.54) is 0 Å². The zero-order valence-corrected chi connectivity index (χ0v) is 15.8. The second-order valence-electron chi connectivity index (χ2n) is 6.27. The van der Waals surface area contributed by atoms with E-state index in [0.717, 1.165) is 18.5 Å². The summed E-state index contributed by atoms with van der Waals surface area (Å²) in [6.07, 6.45) is 8.97. The fourth-order valence-corrected chi connectivity index (χ4v) is 3.23. The van der Waals surface area contributed by atoms with Gasteiger partial charge in [0.1, 0.15) is 0 Å². The first kappa shape index (κ1) is 20.2. The second kappa shape index (κ2) is 10.1. The van der Waals surface area contributed by atoms with Crippen molar-refractivity contribution >= 4 is 11.5 Å². The van der Waals surface area contributed by atoms with Crippen LogP contribution in [0.2, 0.25) is 0 Å². The van der Waals surface area contributed by atoms with Crippen molar-refractivity contribution in [2.24, 2.45) is 0 Å². The van der Waals surface area contributed by atoms with Gasteiger partial charge in [-0.05, 0) is 25.0 Å². The Bertz CT molecular complexity index is 784. The molecular weight excluding hydrogens is 330 g/mol. The molecule has 2 aromatic carbocycles. The van der Waals surface area contributed by atoms with Crippen LogP contribution in [0.15, 0.2) is 105 Å². The molecule has 0 saturated carbocycles. The van der Waals surface area contributed by atoms with Gasteiger partial charge in [-0.15, -0.1) is 26.3 Å². The summed E-state index contributed by atoms with van der Waals surface area (Å²) in [4.78, 5) is 15.4. The van der Waals surface area contributed by atoms with Gasteiger partial charge in [-0.3, -0.25) is 4.79 Å². The lowest BCUT2D eigenvalue weighted by molar-refractivity contribution is 0.103. The predicted octanol–water partition coefficient (Wildman–Crippen LogP) is 5.99. The first-order chi connectivity index (χ1) is 13.2. The molecule has 0 aliphatic heterocycles. The number of benzene rings is 2. The number of nitrogens with zero attached hydrogens (tertiary/aromatic N) is 1. The van der Waals surface area contributed by atoms with E-state index in [4.69, 9.17) is 0 Å². The molecule has 0 heterocycles. The molecule has 0 bridgehead atoms. The maximum absolute atomic E-state index is 13.2. The van der Waals surface area contributed by atoms with Gasteiger partial charge in [-0.25, -0.2) is 0 Å². The number of para-hydroxylation sites is 1. The van der Waals surface area contributed by atoms with Gasteiger partial charge in [-0.1, -0.05) is 66.8 Å². The third kappa shape index (κ3) is 4.73. The number of carbonyl (C=O) groups excluding carboxylic acids is 1. The van der Waals surface area contributed by atoms with Crippen molar-refractivity contribution in [3.63, 3.8) is 0 Å². The molecule has 138 valence electrons. The molecule has 0 aromatic heterocycles. The molecular formula is C25H27NO. The molecule has 0 aliphatic rings. The van der Waals surface area contributed by atoms with Gasteiger partial charge < -0.3 is 4.90 Å². The predicted molar refractivity (Wildman–Crippen MR) is 116 cm³/mol. The summed E-state index contributed by atoms with van der Waals surface area (Å²) in [5.74, 6) is -0.000898. The Kier molecular flexibility index (Phi) is 7.57. The van der Waals surface area contributed by atoms with Crippen molar-refractivity contribution in [1.29, 1.82) is 0 Å². The third-order valence-corrected chi connectivity index (χ3v) is 4.54. The topological polar surface area (TPSA) is 20.3 Å². The van der Waals surface area contributed by atoms with Gasteiger partial charge in [-0.2, -0.15) is 0 Å². The first-order valence-corrected chi connectivity index (χ1v) is 9.11. The molecule has 0 amide bonds. The highest BCUT2D eigenvalue weighted by Gasteiger charge is 2.26. The minimum atomic E-state index is -0.00447. The second-order valence-corrected chi connectivity index (χ2v) is 6.27. The lowest BCUT2D eigenvalue weighted by Crippen LogP contribution is -2.42. The van der Waals surface area contributed by atoms with Crippen molar-refractivity contribution < 1.29 is 4.79 Å². The molecule has 2 heteroatoms. The molecule has 0 fully saturated rings. The highest BCUT2D eigenvalue weighted by Crippen LogP contribution is 2.30. The van der Waals surface area contributed by atoms with E-state index < -0.39 is 0 Å². The Labute approximate surface area is 162 Å². The zero-order valence-electron chi connectivity index (χ0n) is 15.8. The van der Waals surface area contributed by atoms with Gasteiger partial charge in [0.05, 0.1) is 12.1 Å². The molecule has 2 rings (SSSR count). The van der Waals surface area contributed by atoms with Gasteiger partial charge in [0.2, 0.25) is 0 Å². The van der Waals surface area contributed by atoms with Gasteiger partial charge in [0, 0.05) is 16.8 Å². The van der Waals surface area contributed by atoms with Crippen LogP contribution in [0.1, 0.15) is 28.8 Å². The summed E-state index contributed by atoms with van der Waals surface area (Å²) in [6.45, 7) is 15.7. The van der Waals surface area contributed by atoms with Crippen molar-refractivity contribution in [3.8, 4) is 0 Å². The van der Waals surface area contributed by atoms with Gasteiger partial charge in [0.15, 0.2) is 5.78 Å². The standard InChI is InChI=1S/C25H27NO/c1-5-14-21(7-3)26(22(8-4)15-6-2)24-19-13-12-18-23(24)25(27)20-16-10-9-11-17-20/h5-13,16-19,21-22H,1-4,14-15H2. The fraction of sp³-hybridized carbons (Fsp3) is 0.160. The number of anilines is 1. The van der Waals surface area contributed by atoms with Crippen LogP contribution in [-0.2, 0) is 0 Å². The molecule has 0 N–H and O–H groups in total. The number of ketones is 1. The van der Waals surface area contributed by atoms with E-state index in [0.29, 0.717) is 11.1 Å². The van der Waals surface area contributed by atoms with Crippen molar-refractivity contribution in [1.82, 2.24) is 0 Å². The van der Waals surface area contributed by atoms with E-state index >= 15 is 0 Å². The SMILES string of the molecule is C=CCC(C=C)N(c1ccccc1C(=O)c1ccccc1)C(C=C)CC=C. The number of carbonyl (C=O) groups is 1. The van der Waals surface area contributed by atoms with E-state index in [1.807, 2.05) is 78.9 Å².